The number of nitrogens with one attached hydrogen (secondary N) is 1. The predicted octanol–water partition coefficient (Wildman–Crippen LogP) is 24.7. The van der Waals surface area contributed by atoms with Crippen molar-refractivity contribution in [2.75, 3.05) is 39.4 Å². The van der Waals surface area contributed by atoms with Gasteiger partial charge in [-0.1, -0.05) is 188 Å². The molecule has 0 saturated carbocycles. The molecule has 1 N–H and O–H groups in total. The van der Waals surface area contributed by atoms with E-state index in [0.29, 0.717) is 30.2 Å². The van der Waals surface area contributed by atoms with E-state index in [4.69, 9.17) is 13.6 Å². The summed E-state index contributed by atoms with van der Waals surface area (Å²) in [5.41, 5.74) is 7.76. The molecular formula is C84H171N8O3S2+7. The zero-order valence-corrected chi connectivity index (χ0v) is 67.7. The number of ether oxygens (including phenoxy) is 1. The molecule has 0 spiro atoms. The minimum Gasteiger partial charge on any atom is -0.412 e. The highest BCUT2D eigenvalue weighted by Gasteiger charge is 2.37. The van der Waals surface area contributed by atoms with Gasteiger partial charge in [-0.15, -0.1) is 4.68 Å². The standard InChI is InChI=1S/C11H24N.C10H12NO.C10H22NO.C10H12NS.C6H10N2.C6H10NO.C6H10NS.5C4H10.5CH4/c1-10(2)12(11(3)4)8-6-5-7-9-12;1-8(2)11-7-12-10-6-4-3-5-9(10)11;1-9(2)11(10(3)4)5-7-12-8-6-11;1-8(2)11-7-12-10-6-4-3-5-9(10)11;1-6(2)8-5-3-4-7-8;2*1-6(2)7-3-4-8-5-7;5*1-4(2)3;;;;;/h10-11H,5-9H2,1-4H3;3-8H,1-2H3;9-10H,5-8H2,1-4H3;3-8H,1-2H3;3*3-6H,1-2H3;5*4H,1-3H3;5*1H4/q4*+1;;2*+1;;;;;;;;;;/p+1. The molecule has 7 aromatic rings. The Morgan fingerprint density at radius 1 is 0.402 bits per heavy atom. The molecule has 97 heavy (non-hydrogen) atoms. The molecule has 7 heterocycles. The van der Waals surface area contributed by atoms with E-state index in [1.807, 2.05) is 52.1 Å². The third-order valence-corrected chi connectivity index (χ3v) is 15.9. The molecule has 2 fully saturated rings. The van der Waals surface area contributed by atoms with E-state index in [1.54, 1.807) is 41.7 Å². The highest BCUT2D eigenvalue weighted by Crippen LogP contribution is 2.26. The van der Waals surface area contributed by atoms with Crippen LogP contribution >= 0.6 is 22.7 Å². The first-order chi connectivity index (χ1) is 42.8. The fraction of sp³-hybridized carbons (Fsp3) is 0.726. The molecule has 0 radical (unpaired) electrons. The van der Waals surface area contributed by atoms with Gasteiger partial charge in [-0.25, -0.2) is 0 Å². The van der Waals surface area contributed by atoms with Crippen LogP contribution in [0.4, 0.5) is 0 Å². The Kier molecular flexibility index (Phi) is 69.0. The molecule has 0 bridgehead atoms. The number of para-hydroxylation sites is 3. The number of morpholine rings is 1. The maximum Gasteiger partial charge on any atom is 0.335 e. The van der Waals surface area contributed by atoms with Gasteiger partial charge in [0.25, 0.3) is 5.52 Å². The zero-order chi connectivity index (χ0) is 71.3. The Bertz CT molecular complexity index is 2390. The molecule has 5 aromatic heterocycles. The average molecular weight is 1410 g/mol. The predicted molar refractivity (Wildman–Crippen MR) is 436 cm³/mol. The van der Waals surface area contributed by atoms with Gasteiger partial charge in [-0.2, -0.15) is 23.4 Å². The van der Waals surface area contributed by atoms with Gasteiger partial charge in [-0.3, -0.25) is 0 Å². The number of likely N-dealkylation sites (tertiary alicyclic amines) is 1. The maximum absolute atomic E-state index is 5.41. The Balaban J connectivity index is -0.000000151. The fourth-order valence-electron chi connectivity index (χ4n) is 9.43. The van der Waals surface area contributed by atoms with E-state index >= 15 is 0 Å². The van der Waals surface area contributed by atoms with Crippen molar-refractivity contribution >= 4 is 44.0 Å². The molecule has 0 unspecified atom stereocenters. The number of rotatable bonds is 9. The Hall–Kier alpha value is -4.27. The summed E-state index contributed by atoms with van der Waals surface area (Å²) in [4.78, 5) is 0. The summed E-state index contributed by atoms with van der Waals surface area (Å²) < 4.78 is 30.2. The second kappa shape index (κ2) is 61.6. The molecule has 0 amide bonds. The quantitative estimate of drug-likeness (QED) is 0.116. The summed E-state index contributed by atoms with van der Waals surface area (Å²) in [6.45, 7) is 79.9. The van der Waals surface area contributed by atoms with Gasteiger partial charge >= 0.3 is 12.8 Å². The third-order valence-electron chi connectivity index (χ3n) is 14.4. The Labute approximate surface area is 614 Å². The summed E-state index contributed by atoms with van der Waals surface area (Å²) in [7, 11) is 0. The number of benzene rings is 2. The molecule has 2 aliphatic rings. The first kappa shape index (κ1) is 109. The van der Waals surface area contributed by atoms with Crippen molar-refractivity contribution in [1.82, 2.24) is 5.10 Å². The largest absolute Gasteiger partial charge is 0.412 e. The monoisotopic (exact) mass is 1400 g/mol. The normalized spacial score (nSPS) is 13.0. The minimum absolute atomic E-state index is 0. The van der Waals surface area contributed by atoms with Gasteiger partial charge in [0.05, 0.1) is 62.0 Å². The van der Waals surface area contributed by atoms with Crippen LogP contribution < -0.4 is 23.0 Å². The van der Waals surface area contributed by atoms with Crippen molar-refractivity contribution < 1.29 is 45.5 Å². The molecule has 0 aliphatic carbocycles. The molecule has 2 aliphatic heterocycles. The Morgan fingerprint density at radius 2 is 0.814 bits per heavy atom. The van der Waals surface area contributed by atoms with Crippen LogP contribution in [0.1, 0.15) is 315 Å². The summed E-state index contributed by atoms with van der Waals surface area (Å²) in [5, 5.41) is 5.14. The number of nitrogens with zero attached hydrogens (tertiary/aromatic N) is 7. The van der Waals surface area contributed by atoms with Crippen molar-refractivity contribution in [2.24, 2.45) is 29.6 Å². The number of oxazole rings is 2. The lowest BCUT2D eigenvalue weighted by Gasteiger charge is -2.48. The van der Waals surface area contributed by atoms with Crippen molar-refractivity contribution in [3.8, 4) is 0 Å². The molecule has 570 valence electrons. The zero-order valence-electron chi connectivity index (χ0n) is 66.1. The maximum atomic E-state index is 5.41. The van der Waals surface area contributed by atoms with Crippen LogP contribution in [0.3, 0.4) is 0 Å². The first-order valence-corrected chi connectivity index (χ1v) is 37.6. The Morgan fingerprint density at radius 3 is 1.11 bits per heavy atom. The molecule has 0 atom stereocenters. The molecular weight excluding hydrogens is 1230 g/mol. The SMILES string of the molecule is C.C.C.C.C.CC(C)C.CC(C)C.CC(C)C.CC(C)C.CC(C)C.CC(C)[N+]1(C(C)C)CCCCC1.CC(C)[N+]1(C(C)C)CCOCC1.CC(C)[n+]1ccc[nH]1.CC(C)[n+]1ccoc1.CC(C)[n+]1ccsc1.CC(C)[n+]1coc2ccccc21.CC(C)[n+]1csc2ccccc21. The summed E-state index contributed by atoms with van der Waals surface area (Å²) >= 11 is 3.54. The molecule has 2 saturated heterocycles. The molecule has 2 aromatic carbocycles. The van der Waals surface area contributed by atoms with E-state index in [1.165, 1.54) is 64.6 Å². The van der Waals surface area contributed by atoms with Crippen molar-refractivity contribution in [1.29, 1.82) is 0 Å². The number of aromatic nitrogens is 6. The third kappa shape index (κ3) is 50.7. The van der Waals surface area contributed by atoms with Gasteiger partial charge in [0.2, 0.25) is 28.3 Å². The van der Waals surface area contributed by atoms with Crippen LogP contribution in [-0.4, -0.2) is 77.6 Å². The number of H-pyrrole nitrogens is 1. The van der Waals surface area contributed by atoms with E-state index < -0.39 is 0 Å². The lowest BCUT2D eigenvalue weighted by atomic mass is 10.0. The lowest BCUT2D eigenvalue weighted by molar-refractivity contribution is -0.972. The number of hydrogen-bond acceptors (Lipinski definition) is 5. The fourth-order valence-corrected chi connectivity index (χ4v) is 11.2. The van der Waals surface area contributed by atoms with Crippen LogP contribution in [0.25, 0.3) is 21.3 Å². The highest BCUT2D eigenvalue weighted by atomic mass is 32.1. The van der Waals surface area contributed by atoms with Crippen LogP contribution in [0.15, 0.2) is 124 Å². The number of piperidine rings is 1. The topological polar surface area (TPSA) is 70.7 Å². The summed E-state index contributed by atoms with van der Waals surface area (Å²) in [5.74, 6) is 4.17. The minimum atomic E-state index is 0. The lowest BCUT2D eigenvalue weighted by Crippen LogP contribution is -2.62. The summed E-state index contributed by atoms with van der Waals surface area (Å²) in [6, 6.07) is 24.3. The van der Waals surface area contributed by atoms with Gasteiger partial charge in [0.1, 0.15) is 17.8 Å². The van der Waals surface area contributed by atoms with E-state index in [2.05, 4.69) is 300 Å². The summed E-state index contributed by atoms with van der Waals surface area (Å²) in [6.07, 6.45) is 17.4. The van der Waals surface area contributed by atoms with Crippen LogP contribution in [-0.2, 0) is 4.74 Å². The second-order valence-corrected chi connectivity index (χ2v) is 32.1. The van der Waals surface area contributed by atoms with E-state index in [0.717, 1.165) is 78.1 Å². The van der Waals surface area contributed by atoms with Crippen molar-refractivity contribution in [3.05, 3.63) is 115 Å². The smallest absolute Gasteiger partial charge is 0.335 e. The molecule has 11 nitrogen and oxygen atoms in total. The van der Waals surface area contributed by atoms with Crippen molar-refractivity contribution in [3.63, 3.8) is 0 Å². The number of hydrogen-bond donors (Lipinski definition) is 1. The van der Waals surface area contributed by atoms with Crippen LogP contribution in [0.5, 0.6) is 0 Å². The molecule has 9 rings (SSSR count). The number of quaternary nitrogens is 2. The highest BCUT2D eigenvalue weighted by molar-refractivity contribution is 7.16. The van der Waals surface area contributed by atoms with Gasteiger partial charge in [-0.05, 0) is 186 Å². The van der Waals surface area contributed by atoms with Crippen LogP contribution in [0, 0.1) is 29.6 Å². The number of thiazole rings is 2. The van der Waals surface area contributed by atoms with Gasteiger partial charge in [0.15, 0.2) is 48.9 Å². The van der Waals surface area contributed by atoms with Crippen LogP contribution in [0.2, 0.25) is 0 Å². The molecule has 13 heteroatoms. The van der Waals surface area contributed by atoms with Gasteiger partial charge in [0, 0.05) is 18.2 Å². The van der Waals surface area contributed by atoms with E-state index in [9.17, 15) is 0 Å². The van der Waals surface area contributed by atoms with Crippen molar-refractivity contribution in [2.45, 2.75) is 339 Å². The van der Waals surface area contributed by atoms with Gasteiger partial charge < -0.3 is 22.5 Å². The average Bonchev–Trinajstić information content (AvgIpc) is 1.64. The second-order valence-electron chi connectivity index (χ2n) is 30.5. The number of aromatic amines is 1. The first-order valence-electron chi connectivity index (χ1n) is 35.8. The number of fused-ring (bicyclic) bond motifs is 2. The van der Waals surface area contributed by atoms with E-state index in [-0.39, 0.29) is 37.1 Å².